The van der Waals surface area contributed by atoms with Gasteiger partial charge < -0.3 is 9.32 Å². The standard InChI is InChI=1S/C25H19NO3S/c27-23(20-14-17-4-1-2-7-21(17)29-25(20)28)26-12-13-30-24(26)19-11-10-16-9-8-15-5-3-6-18(19)22(15)16/h1-7,10-11,14,24H,8-9,12-13H2. The monoisotopic (exact) mass is 413 g/mol. The fraction of sp³-hybridized carbons (Fsp3) is 0.200. The van der Waals surface area contributed by atoms with Crippen molar-refractivity contribution in [1.82, 2.24) is 4.90 Å². The molecule has 4 aromatic rings. The molecule has 1 aromatic heterocycles. The summed E-state index contributed by atoms with van der Waals surface area (Å²) in [7, 11) is 0. The summed E-state index contributed by atoms with van der Waals surface area (Å²) >= 11 is 1.76. The Labute approximate surface area is 177 Å². The molecule has 148 valence electrons. The molecule has 30 heavy (non-hydrogen) atoms. The van der Waals surface area contributed by atoms with Gasteiger partial charge in [-0.1, -0.05) is 48.5 Å². The van der Waals surface area contributed by atoms with Gasteiger partial charge in [-0.25, -0.2) is 4.79 Å². The van der Waals surface area contributed by atoms with Gasteiger partial charge >= 0.3 is 5.63 Å². The normalized spacial score (nSPS) is 17.9. The summed E-state index contributed by atoms with van der Waals surface area (Å²) in [6.45, 7) is 0.614. The van der Waals surface area contributed by atoms with Crippen LogP contribution in [0.4, 0.5) is 0 Å². The number of fused-ring (bicyclic) bond motifs is 1. The molecule has 2 aliphatic rings. The van der Waals surface area contributed by atoms with Crippen LogP contribution in [-0.2, 0) is 12.8 Å². The summed E-state index contributed by atoms with van der Waals surface area (Å²) in [6, 6.07) is 19.8. The minimum Gasteiger partial charge on any atom is -0.422 e. The van der Waals surface area contributed by atoms with Crippen LogP contribution in [0.2, 0.25) is 0 Å². The summed E-state index contributed by atoms with van der Waals surface area (Å²) in [5.74, 6) is 0.589. The summed E-state index contributed by atoms with van der Waals surface area (Å²) in [6.07, 6.45) is 2.16. The number of hydrogen-bond acceptors (Lipinski definition) is 4. The Hall–Kier alpha value is -3.05. The Bertz CT molecular complexity index is 1380. The van der Waals surface area contributed by atoms with E-state index in [0.29, 0.717) is 12.1 Å². The predicted octanol–water partition coefficient (Wildman–Crippen LogP) is 4.93. The maximum absolute atomic E-state index is 13.4. The largest absolute Gasteiger partial charge is 0.422 e. The first kappa shape index (κ1) is 17.8. The number of rotatable bonds is 2. The van der Waals surface area contributed by atoms with Gasteiger partial charge in [-0.05, 0) is 52.4 Å². The molecule has 1 amide bonds. The van der Waals surface area contributed by atoms with E-state index >= 15 is 0 Å². The van der Waals surface area contributed by atoms with Crippen LogP contribution in [-0.4, -0.2) is 23.1 Å². The molecule has 1 aliphatic heterocycles. The lowest BCUT2D eigenvalue weighted by Crippen LogP contribution is -2.33. The molecule has 1 unspecified atom stereocenters. The fourth-order valence-electron chi connectivity index (χ4n) is 4.79. The molecule has 2 heterocycles. The summed E-state index contributed by atoms with van der Waals surface area (Å²) in [5, 5.41) is 3.23. The zero-order valence-electron chi connectivity index (χ0n) is 16.3. The van der Waals surface area contributed by atoms with Crippen LogP contribution < -0.4 is 5.63 Å². The lowest BCUT2D eigenvalue weighted by atomic mass is 9.99. The van der Waals surface area contributed by atoms with Gasteiger partial charge in [-0.15, -0.1) is 11.8 Å². The third-order valence-electron chi connectivity index (χ3n) is 6.20. The second-order valence-electron chi connectivity index (χ2n) is 7.86. The van der Waals surface area contributed by atoms with Crippen molar-refractivity contribution < 1.29 is 9.21 Å². The number of benzene rings is 3. The summed E-state index contributed by atoms with van der Waals surface area (Å²) < 4.78 is 5.41. The second kappa shape index (κ2) is 6.74. The molecular formula is C25H19NO3S. The van der Waals surface area contributed by atoms with Crippen molar-refractivity contribution in [3.63, 3.8) is 0 Å². The molecule has 0 spiro atoms. The van der Waals surface area contributed by atoms with E-state index in [9.17, 15) is 9.59 Å². The molecule has 0 bridgehead atoms. The highest BCUT2D eigenvalue weighted by Gasteiger charge is 2.34. The van der Waals surface area contributed by atoms with Gasteiger partial charge in [-0.2, -0.15) is 0 Å². The number of amides is 1. The fourth-order valence-corrected chi connectivity index (χ4v) is 6.08. The number of aryl methyl sites for hydroxylation is 2. The van der Waals surface area contributed by atoms with Gasteiger partial charge in [0.15, 0.2) is 0 Å². The van der Waals surface area contributed by atoms with E-state index in [-0.39, 0.29) is 16.8 Å². The van der Waals surface area contributed by atoms with Crippen molar-refractivity contribution in [2.24, 2.45) is 0 Å². The highest BCUT2D eigenvalue weighted by Crippen LogP contribution is 2.44. The van der Waals surface area contributed by atoms with Crippen molar-refractivity contribution in [2.45, 2.75) is 18.2 Å². The van der Waals surface area contributed by atoms with Crippen LogP contribution in [0.15, 0.2) is 69.9 Å². The Kier molecular flexibility index (Phi) is 4.00. The van der Waals surface area contributed by atoms with Crippen LogP contribution in [0, 0.1) is 0 Å². The van der Waals surface area contributed by atoms with Gasteiger partial charge in [0.05, 0.1) is 0 Å². The third-order valence-corrected chi connectivity index (χ3v) is 7.44. The molecule has 6 rings (SSSR count). The van der Waals surface area contributed by atoms with Crippen LogP contribution >= 0.6 is 11.8 Å². The number of para-hydroxylation sites is 1. The minimum absolute atomic E-state index is 0.103. The first-order valence-corrected chi connectivity index (χ1v) is 11.2. The number of carbonyl (C=O) groups excluding carboxylic acids is 1. The maximum atomic E-state index is 13.4. The first-order valence-electron chi connectivity index (χ1n) is 10.2. The van der Waals surface area contributed by atoms with Gasteiger partial charge in [0.25, 0.3) is 5.91 Å². The SMILES string of the molecule is O=C(c1cc2ccccc2oc1=O)N1CCSC1c1ccc2c3c(cccc13)CC2. The Morgan fingerprint density at radius 1 is 1.00 bits per heavy atom. The Morgan fingerprint density at radius 3 is 2.73 bits per heavy atom. The summed E-state index contributed by atoms with van der Waals surface area (Å²) in [5.41, 5.74) is 3.96. The van der Waals surface area contributed by atoms with Crippen molar-refractivity contribution in [3.8, 4) is 0 Å². The van der Waals surface area contributed by atoms with E-state index in [2.05, 4.69) is 30.3 Å². The zero-order chi connectivity index (χ0) is 20.2. The number of nitrogens with zero attached hydrogens (tertiary/aromatic N) is 1. The second-order valence-corrected chi connectivity index (χ2v) is 9.05. The van der Waals surface area contributed by atoms with E-state index in [1.165, 1.54) is 21.9 Å². The number of thioether (sulfide) groups is 1. The molecular weight excluding hydrogens is 394 g/mol. The number of hydrogen-bond donors (Lipinski definition) is 0. The van der Waals surface area contributed by atoms with Gasteiger partial charge in [-0.3, -0.25) is 4.79 Å². The van der Waals surface area contributed by atoms with Crippen molar-refractivity contribution in [2.75, 3.05) is 12.3 Å². The van der Waals surface area contributed by atoms with E-state index < -0.39 is 5.63 Å². The van der Waals surface area contributed by atoms with Gasteiger partial charge in [0.2, 0.25) is 0 Å². The van der Waals surface area contributed by atoms with Crippen molar-refractivity contribution >= 4 is 39.4 Å². The average molecular weight is 413 g/mol. The third kappa shape index (κ3) is 2.62. The first-order chi connectivity index (χ1) is 14.7. The van der Waals surface area contributed by atoms with E-state index in [0.717, 1.165) is 29.5 Å². The van der Waals surface area contributed by atoms with E-state index in [4.69, 9.17) is 4.42 Å². The molecule has 0 radical (unpaired) electrons. The van der Waals surface area contributed by atoms with E-state index in [1.54, 1.807) is 23.9 Å². The van der Waals surface area contributed by atoms with Crippen LogP contribution in [0.3, 0.4) is 0 Å². The lowest BCUT2D eigenvalue weighted by molar-refractivity contribution is 0.0757. The highest BCUT2D eigenvalue weighted by molar-refractivity contribution is 7.99. The molecule has 1 fully saturated rings. The quantitative estimate of drug-likeness (QED) is 0.437. The van der Waals surface area contributed by atoms with Crippen molar-refractivity contribution in [1.29, 1.82) is 0 Å². The smallest absolute Gasteiger partial charge is 0.349 e. The van der Waals surface area contributed by atoms with Gasteiger partial charge in [0, 0.05) is 17.7 Å². The molecule has 4 nitrogen and oxygen atoms in total. The molecule has 0 saturated carbocycles. The van der Waals surface area contributed by atoms with Gasteiger partial charge in [0.1, 0.15) is 16.5 Å². The minimum atomic E-state index is -0.574. The molecule has 5 heteroatoms. The average Bonchev–Trinajstić information content (AvgIpc) is 3.42. The molecule has 1 atom stereocenters. The number of carbonyl (C=O) groups is 1. The lowest BCUT2D eigenvalue weighted by Gasteiger charge is -2.25. The molecule has 1 aliphatic carbocycles. The predicted molar refractivity (Wildman–Crippen MR) is 120 cm³/mol. The molecule has 1 saturated heterocycles. The van der Waals surface area contributed by atoms with Crippen molar-refractivity contribution in [3.05, 3.63) is 93.3 Å². The van der Waals surface area contributed by atoms with Crippen LogP contribution in [0.5, 0.6) is 0 Å². The summed E-state index contributed by atoms with van der Waals surface area (Å²) in [4.78, 5) is 27.8. The van der Waals surface area contributed by atoms with Crippen LogP contribution in [0.1, 0.15) is 32.4 Å². The topological polar surface area (TPSA) is 50.5 Å². The Morgan fingerprint density at radius 2 is 1.83 bits per heavy atom. The highest BCUT2D eigenvalue weighted by atomic mass is 32.2. The maximum Gasteiger partial charge on any atom is 0.349 e. The Balaban J connectivity index is 1.45. The van der Waals surface area contributed by atoms with Crippen LogP contribution in [0.25, 0.3) is 21.7 Å². The molecule has 0 N–H and O–H groups in total. The zero-order valence-corrected chi connectivity index (χ0v) is 17.1. The van der Waals surface area contributed by atoms with E-state index in [1.807, 2.05) is 23.1 Å². The molecule has 3 aromatic carbocycles.